The fourth-order valence-corrected chi connectivity index (χ4v) is 3.54. The van der Waals surface area contributed by atoms with Gasteiger partial charge in [-0.2, -0.15) is 0 Å². The molecular weight excluding hydrogens is 392 g/mol. The second-order valence-electron chi connectivity index (χ2n) is 7.30. The number of hydrogen-bond acceptors (Lipinski definition) is 5. The third-order valence-corrected chi connectivity index (χ3v) is 5.17. The first-order valence-corrected chi connectivity index (χ1v) is 9.91. The monoisotopic (exact) mass is 410 g/mol. The lowest BCUT2D eigenvalue weighted by molar-refractivity contribution is 0.0734. The summed E-state index contributed by atoms with van der Waals surface area (Å²) < 4.78 is 17.2. The van der Waals surface area contributed by atoms with E-state index in [0.717, 1.165) is 16.9 Å². The number of benzene rings is 3. The van der Waals surface area contributed by atoms with Gasteiger partial charge < -0.3 is 14.2 Å². The van der Waals surface area contributed by atoms with E-state index < -0.39 is 5.97 Å². The van der Waals surface area contributed by atoms with Crippen molar-refractivity contribution in [2.24, 2.45) is 0 Å². The second kappa shape index (κ2) is 7.61. The zero-order valence-corrected chi connectivity index (χ0v) is 16.7. The average molecular weight is 410 g/mol. The van der Waals surface area contributed by atoms with Crippen LogP contribution >= 0.6 is 0 Å². The largest absolute Gasteiger partial charge is 0.485 e. The Labute approximate surface area is 179 Å². The Morgan fingerprint density at radius 3 is 2.58 bits per heavy atom. The Balaban J connectivity index is 1.39. The molecule has 5 nitrogen and oxygen atoms in total. The lowest BCUT2D eigenvalue weighted by Gasteiger charge is -2.22. The molecule has 0 bridgehead atoms. The van der Waals surface area contributed by atoms with Crippen LogP contribution in [0.5, 0.6) is 17.2 Å². The summed E-state index contributed by atoms with van der Waals surface area (Å²) >= 11 is 0. The summed E-state index contributed by atoms with van der Waals surface area (Å²) in [5.41, 5.74) is 2.66. The van der Waals surface area contributed by atoms with Gasteiger partial charge in [0.05, 0.1) is 11.1 Å². The van der Waals surface area contributed by atoms with Gasteiger partial charge in [-0.25, -0.2) is 4.79 Å². The van der Waals surface area contributed by atoms with Crippen molar-refractivity contribution in [1.29, 1.82) is 0 Å². The molecule has 0 aromatic heterocycles. The topological polar surface area (TPSA) is 61.8 Å². The molecule has 2 heterocycles. The van der Waals surface area contributed by atoms with Crippen LogP contribution in [0.15, 0.2) is 90.2 Å². The average Bonchev–Trinajstić information content (AvgIpc) is 3.09. The smallest absolute Gasteiger partial charge is 0.343 e. The molecule has 0 amide bonds. The molecule has 0 saturated carbocycles. The van der Waals surface area contributed by atoms with Gasteiger partial charge >= 0.3 is 5.97 Å². The zero-order chi connectivity index (χ0) is 21.4. The lowest BCUT2D eigenvalue weighted by atomic mass is 10.0. The molecule has 0 saturated heterocycles. The number of fused-ring (bicyclic) bond motifs is 2. The number of ether oxygens (including phenoxy) is 3. The molecule has 5 rings (SSSR count). The molecule has 0 aliphatic carbocycles. The van der Waals surface area contributed by atoms with E-state index >= 15 is 0 Å². The highest BCUT2D eigenvalue weighted by atomic mass is 16.5. The SMILES string of the molecule is C[C@H]1Oc2ccccc2C=C1/C=C1\Oc2cc(OC(=O)c3ccccc3)ccc2C1=O. The maximum absolute atomic E-state index is 12.8. The highest BCUT2D eigenvalue weighted by molar-refractivity contribution is 6.12. The number of rotatable bonds is 3. The van der Waals surface area contributed by atoms with Crippen LogP contribution in [0.4, 0.5) is 0 Å². The quantitative estimate of drug-likeness (QED) is 0.336. The van der Waals surface area contributed by atoms with Crippen molar-refractivity contribution < 1.29 is 23.8 Å². The van der Waals surface area contributed by atoms with Crippen LogP contribution in [0, 0.1) is 0 Å². The molecule has 3 aromatic carbocycles. The highest BCUT2D eigenvalue weighted by Crippen LogP contribution is 2.36. The molecule has 152 valence electrons. The van der Waals surface area contributed by atoms with Crippen molar-refractivity contribution in [3.05, 3.63) is 107 Å². The molecule has 3 aromatic rings. The van der Waals surface area contributed by atoms with Crippen molar-refractivity contribution >= 4 is 17.8 Å². The van der Waals surface area contributed by atoms with E-state index in [1.165, 1.54) is 0 Å². The lowest BCUT2D eigenvalue weighted by Crippen LogP contribution is -2.18. The first-order chi connectivity index (χ1) is 15.1. The van der Waals surface area contributed by atoms with Crippen molar-refractivity contribution in [1.82, 2.24) is 0 Å². The van der Waals surface area contributed by atoms with Gasteiger partial charge in [0.1, 0.15) is 23.4 Å². The van der Waals surface area contributed by atoms with E-state index in [-0.39, 0.29) is 17.6 Å². The second-order valence-corrected chi connectivity index (χ2v) is 7.30. The van der Waals surface area contributed by atoms with E-state index in [9.17, 15) is 9.59 Å². The van der Waals surface area contributed by atoms with Gasteiger partial charge in [-0.3, -0.25) is 4.79 Å². The summed E-state index contributed by atoms with van der Waals surface area (Å²) in [5.74, 6) is 0.997. The summed E-state index contributed by atoms with van der Waals surface area (Å²) in [7, 11) is 0. The first kappa shape index (κ1) is 18.9. The third kappa shape index (κ3) is 3.62. The number of ketones is 1. The van der Waals surface area contributed by atoms with Gasteiger partial charge in [-0.05, 0) is 55.0 Å². The van der Waals surface area contributed by atoms with E-state index in [2.05, 4.69) is 0 Å². The molecular formula is C26H18O5. The molecule has 0 radical (unpaired) electrons. The summed E-state index contributed by atoms with van der Waals surface area (Å²) in [6, 6.07) is 21.2. The Morgan fingerprint density at radius 2 is 1.74 bits per heavy atom. The van der Waals surface area contributed by atoms with Crippen LogP contribution in [-0.4, -0.2) is 17.9 Å². The van der Waals surface area contributed by atoms with Crippen molar-refractivity contribution in [2.45, 2.75) is 13.0 Å². The van der Waals surface area contributed by atoms with Crippen LogP contribution in [0.25, 0.3) is 6.08 Å². The molecule has 1 atom stereocenters. The minimum Gasteiger partial charge on any atom is -0.485 e. The van der Waals surface area contributed by atoms with Gasteiger partial charge in [0.25, 0.3) is 0 Å². The zero-order valence-electron chi connectivity index (χ0n) is 16.7. The predicted molar refractivity (Wildman–Crippen MR) is 115 cm³/mol. The Kier molecular flexibility index (Phi) is 4.64. The fraction of sp³-hybridized carbons (Fsp3) is 0.0769. The fourth-order valence-electron chi connectivity index (χ4n) is 3.54. The van der Waals surface area contributed by atoms with E-state index in [0.29, 0.717) is 22.6 Å². The van der Waals surface area contributed by atoms with Crippen LogP contribution in [0.3, 0.4) is 0 Å². The minimum atomic E-state index is -0.474. The molecule has 31 heavy (non-hydrogen) atoms. The Hall–Kier alpha value is -4.12. The Bertz CT molecular complexity index is 1250. The molecule has 0 fully saturated rings. The Morgan fingerprint density at radius 1 is 0.968 bits per heavy atom. The number of esters is 1. The number of allylic oxidation sites excluding steroid dienone is 1. The maximum Gasteiger partial charge on any atom is 0.343 e. The number of hydrogen-bond donors (Lipinski definition) is 0. The van der Waals surface area contributed by atoms with Crippen LogP contribution < -0.4 is 14.2 Å². The maximum atomic E-state index is 12.8. The normalized spacial score (nSPS) is 17.8. The predicted octanol–water partition coefficient (Wildman–Crippen LogP) is 5.23. The first-order valence-electron chi connectivity index (χ1n) is 9.91. The molecule has 5 heteroatoms. The molecule has 2 aliphatic rings. The van der Waals surface area contributed by atoms with Gasteiger partial charge in [0.2, 0.25) is 5.78 Å². The number of carbonyl (C=O) groups is 2. The van der Waals surface area contributed by atoms with Crippen LogP contribution in [0.2, 0.25) is 0 Å². The standard InChI is InChI=1S/C26H18O5/c1-16-19(13-18-9-5-6-10-22(18)29-16)14-24-25(27)21-12-11-20(15-23(21)31-24)30-26(28)17-7-3-2-4-8-17/h2-16H,1H3/b24-14-/t16-/m1/s1. The van der Waals surface area contributed by atoms with E-state index in [1.54, 1.807) is 48.5 Å². The molecule has 0 N–H and O–H groups in total. The number of Topliss-reactive ketones (excluding diaryl/α,β-unsaturated/α-hetero) is 1. The molecule has 0 unspecified atom stereocenters. The van der Waals surface area contributed by atoms with Crippen molar-refractivity contribution in [3.8, 4) is 17.2 Å². The summed E-state index contributed by atoms with van der Waals surface area (Å²) in [6.07, 6.45) is 3.48. The molecule has 2 aliphatic heterocycles. The summed E-state index contributed by atoms with van der Waals surface area (Å²) in [6.45, 7) is 1.92. The minimum absolute atomic E-state index is 0.211. The van der Waals surface area contributed by atoms with Gasteiger partial charge in [0.15, 0.2) is 5.76 Å². The number of carbonyl (C=O) groups excluding carboxylic acids is 2. The highest BCUT2D eigenvalue weighted by Gasteiger charge is 2.29. The van der Waals surface area contributed by atoms with E-state index in [4.69, 9.17) is 14.2 Å². The van der Waals surface area contributed by atoms with Gasteiger partial charge in [-0.15, -0.1) is 0 Å². The summed E-state index contributed by atoms with van der Waals surface area (Å²) in [5, 5.41) is 0. The van der Waals surface area contributed by atoms with Gasteiger partial charge in [0, 0.05) is 11.6 Å². The van der Waals surface area contributed by atoms with E-state index in [1.807, 2.05) is 43.3 Å². The van der Waals surface area contributed by atoms with Crippen molar-refractivity contribution in [2.75, 3.05) is 0 Å². The summed E-state index contributed by atoms with van der Waals surface area (Å²) in [4.78, 5) is 25.1. The van der Waals surface area contributed by atoms with Crippen LogP contribution in [0.1, 0.15) is 33.2 Å². The van der Waals surface area contributed by atoms with Gasteiger partial charge in [-0.1, -0.05) is 36.4 Å². The third-order valence-electron chi connectivity index (χ3n) is 5.17. The molecule has 0 spiro atoms. The van der Waals surface area contributed by atoms with Crippen molar-refractivity contribution in [3.63, 3.8) is 0 Å². The number of para-hydroxylation sites is 1. The van der Waals surface area contributed by atoms with Crippen LogP contribution in [-0.2, 0) is 0 Å².